The summed E-state index contributed by atoms with van der Waals surface area (Å²) < 4.78 is 2.24. The molecule has 26 heavy (non-hydrogen) atoms. The van der Waals surface area contributed by atoms with Crippen molar-refractivity contribution in [3.63, 3.8) is 0 Å². The lowest BCUT2D eigenvalue weighted by Gasteiger charge is -2.30. The number of nitrogens with one attached hydrogen (secondary N) is 2. The Morgan fingerprint density at radius 2 is 1.73 bits per heavy atom. The van der Waals surface area contributed by atoms with Gasteiger partial charge in [-0.15, -0.1) is 0 Å². The summed E-state index contributed by atoms with van der Waals surface area (Å²) in [6.45, 7) is 8.21. The van der Waals surface area contributed by atoms with Crippen molar-refractivity contribution >= 4 is 16.9 Å². The number of urea groups is 1. The minimum Gasteiger partial charge on any atom is -0.347 e. The Morgan fingerprint density at radius 3 is 2.50 bits per heavy atom. The minimum atomic E-state index is -0.0466. The van der Waals surface area contributed by atoms with E-state index in [1.54, 1.807) is 0 Å². The van der Waals surface area contributed by atoms with Crippen molar-refractivity contribution in [3.8, 4) is 0 Å². The first-order valence-electron chi connectivity index (χ1n) is 10.0. The monoisotopic (exact) mass is 356 g/mol. The van der Waals surface area contributed by atoms with Gasteiger partial charge in [0.25, 0.3) is 0 Å². The maximum atomic E-state index is 11.9. The number of piperidine rings is 1. The van der Waals surface area contributed by atoms with Gasteiger partial charge in [0.2, 0.25) is 0 Å². The quantitative estimate of drug-likeness (QED) is 0.712. The summed E-state index contributed by atoms with van der Waals surface area (Å²) in [6.07, 6.45) is 6.69. The van der Waals surface area contributed by atoms with Crippen LogP contribution in [0.3, 0.4) is 0 Å². The van der Waals surface area contributed by atoms with Crippen LogP contribution in [-0.2, 0) is 6.54 Å². The van der Waals surface area contributed by atoms with Crippen LogP contribution in [0.5, 0.6) is 0 Å². The van der Waals surface area contributed by atoms with Gasteiger partial charge >= 0.3 is 6.03 Å². The number of hydrogen-bond donors (Lipinski definition) is 2. The number of hydrogen-bond acceptors (Lipinski definition) is 2. The van der Waals surface area contributed by atoms with Gasteiger partial charge in [-0.05, 0) is 68.8 Å². The van der Waals surface area contributed by atoms with Gasteiger partial charge < -0.3 is 20.1 Å². The molecule has 142 valence electrons. The lowest BCUT2D eigenvalue weighted by molar-refractivity contribution is 0.190. The number of fused-ring (bicyclic) bond motifs is 1. The fourth-order valence-electron chi connectivity index (χ4n) is 3.64. The van der Waals surface area contributed by atoms with Crippen LogP contribution in [0, 0.1) is 5.92 Å². The highest BCUT2D eigenvalue weighted by Crippen LogP contribution is 2.16. The highest BCUT2D eigenvalue weighted by molar-refractivity contribution is 5.79. The molecule has 2 N–H and O–H groups in total. The molecule has 0 aliphatic carbocycles. The molecule has 5 nitrogen and oxygen atoms in total. The molecule has 1 aromatic carbocycles. The molecule has 0 bridgehead atoms. The molecule has 0 radical (unpaired) electrons. The lowest BCUT2D eigenvalue weighted by Crippen LogP contribution is -2.39. The summed E-state index contributed by atoms with van der Waals surface area (Å²) in [5.74, 6) is 0.875. The number of likely N-dealkylation sites (tertiary alicyclic amines) is 1. The first-order valence-corrected chi connectivity index (χ1v) is 10.0. The van der Waals surface area contributed by atoms with Gasteiger partial charge in [0.15, 0.2) is 0 Å². The zero-order valence-electron chi connectivity index (χ0n) is 15.9. The predicted octanol–water partition coefficient (Wildman–Crippen LogP) is 3.45. The fourth-order valence-corrected chi connectivity index (χ4v) is 3.64. The molecule has 0 atom stereocenters. The van der Waals surface area contributed by atoms with Gasteiger partial charge in [-0.2, -0.15) is 0 Å². The zero-order chi connectivity index (χ0) is 18.2. The minimum absolute atomic E-state index is 0.0466. The number of carbonyl (C=O) groups is 1. The molecule has 3 rings (SSSR count). The summed E-state index contributed by atoms with van der Waals surface area (Å²) in [5, 5.41) is 7.20. The third-order valence-corrected chi connectivity index (χ3v) is 5.35. The average molecular weight is 357 g/mol. The average Bonchev–Trinajstić information content (AvgIpc) is 3.07. The summed E-state index contributed by atoms with van der Waals surface area (Å²) in [5.41, 5.74) is 1.25. The van der Waals surface area contributed by atoms with E-state index < -0.39 is 0 Å². The van der Waals surface area contributed by atoms with Crippen molar-refractivity contribution in [2.75, 3.05) is 32.7 Å². The molecular weight excluding hydrogens is 324 g/mol. The highest BCUT2D eigenvalue weighted by Gasteiger charge is 2.14. The summed E-state index contributed by atoms with van der Waals surface area (Å²) >= 11 is 0. The molecule has 1 aliphatic rings. The normalized spacial score (nSPS) is 16.0. The summed E-state index contributed by atoms with van der Waals surface area (Å²) in [7, 11) is 0. The van der Waals surface area contributed by atoms with Crippen LogP contribution in [0.4, 0.5) is 4.79 Å². The Balaban J connectivity index is 1.24. The third kappa shape index (κ3) is 5.49. The van der Waals surface area contributed by atoms with Crippen LogP contribution in [0.25, 0.3) is 10.9 Å². The number of nitrogens with zero attached hydrogens (tertiary/aromatic N) is 2. The Labute approximate surface area is 156 Å². The van der Waals surface area contributed by atoms with Crippen LogP contribution in [0.15, 0.2) is 36.5 Å². The topological polar surface area (TPSA) is 49.3 Å². The first-order chi connectivity index (χ1) is 12.7. The van der Waals surface area contributed by atoms with Crippen LogP contribution in [0.2, 0.25) is 0 Å². The standard InChI is InChI=1S/C21H32N4O/c1-18-8-15-24(16-9-18)13-4-11-22-21(26)23-12-5-14-25-17-10-19-6-2-3-7-20(19)25/h2-3,6-7,10,17-18H,4-5,8-9,11-16H2,1H3,(H2,22,23,26). The molecule has 0 saturated carbocycles. The predicted molar refractivity (Wildman–Crippen MR) is 107 cm³/mol. The molecule has 2 heterocycles. The largest absolute Gasteiger partial charge is 0.347 e. The van der Waals surface area contributed by atoms with E-state index in [9.17, 15) is 4.79 Å². The van der Waals surface area contributed by atoms with Crippen molar-refractivity contribution in [1.29, 1.82) is 0 Å². The molecular formula is C21H32N4O. The van der Waals surface area contributed by atoms with Crippen molar-refractivity contribution in [3.05, 3.63) is 36.5 Å². The van der Waals surface area contributed by atoms with Gasteiger partial charge in [-0.3, -0.25) is 0 Å². The number of aromatic nitrogens is 1. The lowest BCUT2D eigenvalue weighted by atomic mass is 9.99. The van der Waals surface area contributed by atoms with Crippen molar-refractivity contribution < 1.29 is 4.79 Å². The molecule has 1 aliphatic heterocycles. The summed E-state index contributed by atoms with van der Waals surface area (Å²) in [6, 6.07) is 10.5. The Kier molecular flexibility index (Phi) is 6.95. The molecule has 5 heteroatoms. The van der Waals surface area contributed by atoms with Crippen molar-refractivity contribution in [2.24, 2.45) is 5.92 Å². The smallest absolute Gasteiger partial charge is 0.314 e. The van der Waals surface area contributed by atoms with E-state index in [1.807, 2.05) is 0 Å². The van der Waals surface area contributed by atoms with E-state index in [4.69, 9.17) is 0 Å². The van der Waals surface area contributed by atoms with Gasteiger partial charge in [0.05, 0.1) is 0 Å². The van der Waals surface area contributed by atoms with E-state index in [2.05, 4.69) is 63.6 Å². The molecule has 1 saturated heterocycles. The fraction of sp³-hybridized carbons (Fsp3) is 0.571. The van der Waals surface area contributed by atoms with E-state index >= 15 is 0 Å². The number of amides is 2. The molecule has 1 fully saturated rings. The van der Waals surface area contributed by atoms with Gasteiger partial charge in [0.1, 0.15) is 0 Å². The molecule has 2 amide bonds. The van der Waals surface area contributed by atoms with Crippen LogP contribution < -0.4 is 10.6 Å². The number of rotatable bonds is 8. The molecule has 1 aromatic heterocycles. The van der Waals surface area contributed by atoms with Gasteiger partial charge in [-0.1, -0.05) is 25.1 Å². The van der Waals surface area contributed by atoms with E-state index in [0.29, 0.717) is 6.54 Å². The molecule has 0 unspecified atom stereocenters. The molecule has 2 aromatic rings. The Bertz CT molecular complexity index is 688. The van der Waals surface area contributed by atoms with Gasteiger partial charge in [-0.25, -0.2) is 4.79 Å². The van der Waals surface area contributed by atoms with E-state index in [-0.39, 0.29) is 6.03 Å². The highest BCUT2D eigenvalue weighted by atomic mass is 16.2. The Hall–Kier alpha value is -2.01. The SMILES string of the molecule is CC1CCN(CCCNC(=O)NCCCn2ccc3ccccc32)CC1. The Morgan fingerprint density at radius 1 is 1.04 bits per heavy atom. The molecule has 0 spiro atoms. The van der Waals surface area contributed by atoms with Crippen molar-refractivity contribution in [1.82, 2.24) is 20.1 Å². The third-order valence-electron chi connectivity index (χ3n) is 5.35. The second-order valence-corrected chi connectivity index (χ2v) is 7.48. The van der Waals surface area contributed by atoms with E-state index in [0.717, 1.165) is 38.4 Å². The van der Waals surface area contributed by atoms with Crippen LogP contribution in [-0.4, -0.2) is 48.2 Å². The van der Waals surface area contributed by atoms with Crippen LogP contribution in [0.1, 0.15) is 32.6 Å². The number of carbonyl (C=O) groups excluding carboxylic acids is 1. The second-order valence-electron chi connectivity index (χ2n) is 7.48. The number of aryl methyl sites for hydroxylation is 1. The number of para-hydroxylation sites is 1. The van der Waals surface area contributed by atoms with Crippen LogP contribution >= 0.6 is 0 Å². The first kappa shape index (κ1) is 18.8. The van der Waals surface area contributed by atoms with Crippen molar-refractivity contribution in [2.45, 2.75) is 39.2 Å². The maximum absolute atomic E-state index is 11.9. The van der Waals surface area contributed by atoms with E-state index in [1.165, 1.54) is 36.8 Å². The second kappa shape index (κ2) is 9.62. The summed E-state index contributed by atoms with van der Waals surface area (Å²) in [4.78, 5) is 14.4. The maximum Gasteiger partial charge on any atom is 0.314 e. The number of benzene rings is 1. The van der Waals surface area contributed by atoms with Gasteiger partial charge in [0, 0.05) is 31.3 Å². The zero-order valence-corrected chi connectivity index (χ0v) is 15.9.